The molecular weight excluding hydrogens is 311 g/mol. The van der Waals surface area contributed by atoms with Crippen LogP contribution in [0.4, 0.5) is 0 Å². The maximum atomic E-state index is 6.31. The van der Waals surface area contributed by atoms with Crippen molar-refractivity contribution in [3.05, 3.63) is 33.8 Å². The van der Waals surface area contributed by atoms with Crippen molar-refractivity contribution in [3.8, 4) is 0 Å². The molecule has 0 aliphatic carbocycles. The standard InChI is InChI=1S/C15H24Cl2N2O2/c1-20-8-3-6-19(7-9-21-2)15(11-18)13-10-12(16)4-5-14(13)17/h4-5,10,15H,3,6-9,11,18H2,1-2H3. The lowest BCUT2D eigenvalue weighted by Gasteiger charge is -2.31. The average molecular weight is 335 g/mol. The maximum Gasteiger partial charge on any atom is 0.0589 e. The minimum atomic E-state index is 0.0169. The number of nitrogens with zero attached hydrogens (tertiary/aromatic N) is 1. The number of nitrogens with two attached hydrogens (primary N) is 1. The van der Waals surface area contributed by atoms with Crippen LogP contribution in [0, 0.1) is 0 Å². The topological polar surface area (TPSA) is 47.7 Å². The normalized spacial score (nSPS) is 12.9. The quantitative estimate of drug-likeness (QED) is 0.668. The van der Waals surface area contributed by atoms with Crippen LogP contribution >= 0.6 is 23.2 Å². The summed E-state index contributed by atoms with van der Waals surface area (Å²) >= 11 is 12.4. The molecular formula is C15H24Cl2N2O2. The Bertz CT molecular complexity index is 419. The van der Waals surface area contributed by atoms with Crippen LogP contribution in [0.1, 0.15) is 18.0 Å². The molecule has 0 radical (unpaired) electrons. The summed E-state index contributed by atoms with van der Waals surface area (Å²) in [6.45, 7) is 3.47. The van der Waals surface area contributed by atoms with E-state index in [2.05, 4.69) is 4.90 Å². The summed E-state index contributed by atoms with van der Waals surface area (Å²) in [6, 6.07) is 5.50. The molecule has 0 spiro atoms. The lowest BCUT2D eigenvalue weighted by Crippen LogP contribution is -2.37. The van der Waals surface area contributed by atoms with E-state index in [0.717, 1.165) is 25.1 Å². The van der Waals surface area contributed by atoms with E-state index < -0.39 is 0 Å². The second-order valence-electron chi connectivity index (χ2n) is 4.79. The summed E-state index contributed by atoms with van der Waals surface area (Å²) in [5.74, 6) is 0. The van der Waals surface area contributed by atoms with Crippen molar-refractivity contribution >= 4 is 23.2 Å². The molecule has 1 aromatic rings. The van der Waals surface area contributed by atoms with E-state index in [1.54, 1.807) is 20.3 Å². The van der Waals surface area contributed by atoms with E-state index in [4.69, 9.17) is 38.4 Å². The molecule has 0 heterocycles. The molecule has 0 saturated heterocycles. The van der Waals surface area contributed by atoms with Gasteiger partial charge in [-0.1, -0.05) is 23.2 Å². The van der Waals surface area contributed by atoms with Crippen LogP contribution < -0.4 is 5.73 Å². The minimum absolute atomic E-state index is 0.0169. The fourth-order valence-electron chi connectivity index (χ4n) is 2.29. The van der Waals surface area contributed by atoms with Gasteiger partial charge in [-0.05, 0) is 30.2 Å². The molecule has 0 fully saturated rings. The smallest absolute Gasteiger partial charge is 0.0589 e. The van der Waals surface area contributed by atoms with Crippen molar-refractivity contribution in [3.63, 3.8) is 0 Å². The molecule has 0 aliphatic rings. The highest BCUT2D eigenvalue weighted by Crippen LogP contribution is 2.29. The van der Waals surface area contributed by atoms with E-state index in [1.807, 2.05) is 12.1 Å². The van der Waals surface area contributed by atoms with Gasteiger partial charge in [0.05, 0.1) is 6.61 Å². The van der Waals surface area contributed by atoms with Gasteiger partial charge in [-0.2, -0.15) is 0 Å². The van der Waals surface area contributed by atoms with Gasteiger partial charge in [0.2, 0.25) is 0 Å². The Kier molecular flexibility index (Phi) is 9.24. The number of rotatable bonds is 10. The molecule has 1 aromatic carbocycles. The molecule has 6 heteroatoms. The van der Waals surface area contributed by atoms with E-state index >= 15 is 0 Å². The van der Waals surface area contributed by atoms with Crippen LogP contribution in [0.25, 0.3) is 0 Å². The van der Waals surface area contributed by atoms with Gasteiger partial charge in [0.15, 0.2) is 0 Å². The molecule has 21 heavy (non-hydrogen) atoms. The molecule has 4 nitrogen and oxygen atoms in total. The fraction of sp³-hybridized carbons (Fsp3) is 0.600. The maximum absolute atomic E-state index is 6.31. The Morgan fingerprint density at radius 3 is 2.48 bits per heavy atom. The SMILES string of the molecule is COCCCN(CCOC)C(CN)c1cc(Cl)ccc1Cl. The van der Waals surface area contributed by atoms with Crippen LogP contribution in [0.5, 0.6) is 0 Å². The highest BCUT2D eigenvalue weighted by molar-refractivity contribution is 6.33. The summed E-state index contributed by atoms with van der Waals surface area (Å²) in [5.41, 5.74) is 6.94. The molecule has 120 valence electrons. The summed E-state index contributed by atoms with van der Waals surface area (Å²) in [4.78, 5) is 2.26. The first-order valence-electron chi connectivity index (χ1n) is 7.01. The lowest BCUT2D eigenvalue weighted by atomic mass is 10.0. The Morgan fingerprint density at radius 2 is 1.86 bits per heavy atom. The summed E-state index contributed by atoms with van der Waals surface area (Å²) in [5, 5.41) is 1.35. The van der Waals surface area contributed by atoms with Crippen molar-refractivity contribution in [2.45, 2.75) is 12.5 Å². The molecule has 1 atom stereocenters. The van der Waals surface area contributed by atoms with Crippen LogP contribution in [0.2, 0.25) is 10.0 Å². The first-order chi connectivity index (χ1) is 10.1. The Balaban J connectivity index is 2.90. The third-order valence-electron chi connectivity index (χ3n) is 3.36. The number of halogens is 2. The van der Waals surface area contributed by atoms with Crippen molar-refractivity contribution < 1.29 is 9.47 Å². The molecule has 1 unspecified atom stereocenters. The van der Waals surface area contributed by atoms with E-state index in [0.29, 0.717) is 29.8 Å². The molecule has 0 amide bonds. The first kappa shape index (κ1) is 18.7. The van der Waals surface area contributed by atoms with Gasteiger partial charge >= 0.3 is 0 Å². The van der Waals surface area contributed by atoms with Crippen molar-refractivity contribution in [2.24, 2.45) is 5.73 Å². The number of hydrogen-bond donors (Lipinski definition) is 1. The van der Waals surface area contributed by atoms with Crippen LogP contribution in [0.3, 0.4) is 0 Å². The van der Waals surface area contributed by atoms with Gasteiger partial charge in [-0.15, -0.1) is 0 Å². The third-order valence-corrected chi connectivity index (χ3v) is 3.94. The Morgan fingerprint density at radius 1 is 1.14 bits per heavy atom. The third kappa shape index (κ3) is 6.10. The fourth-order valence-corrected chi connectivity index (χ4v) is 2.71. The number of benzene rings is 1. The zero-order valence-corrected chi connectivity index (χ0v) is 14.2. The van der Waals surface area contributed by atoms with Gasteiger partial charge in [-0.3, -0.25) is 4.90 Å². The molecule has 0 aliphatic heterocycles. The lowest BCUT2D eigenvalue weighted by molar-refractivity contribution is 0.108. The van der Waals surface area contributed by atoms with E-state index in [-0.39, 0.29) is 6.04 Å². The van der Waals surface area contributed by atoms with Crippen molar-refractivity contribution in [1.29, 1.82) is 0 Å². The van der Waals surface area contributed by atoms with Crippen molar-refractivity contribution in [2.75, 3.05) is 47.1 Å². The highest BCUT2D eigenvalue weighted by atomic mass is 35.5. The largest absolute Gasteiger partial charge is 0.385 e. The number of hydrogen-bond acceptors (Lipinski definition) is 4. The minimum Gasteiger partial charge on any atom is -0.385 e. The van der Waals surface area contributed by atoms with Gasteiger partial charge in [0.1, 0.15) is 0 Å². The second kappa shape index (κ2) is 10.4. The molecule has 1 rings (SSSR count). The van der Waals surface area contributed by atoms with Gasteiger partial charge < -0.3 is 15.2 Å². The molecule has 0 aromatic heterocycles. The predicted octanol–water partition coefficient (Wildman–Crippen LogP) is 2.98. The van der Waals surface area contributed by atoms with Gasteiger partial charge in [0.25, 0.3) is 0 Å². The van der Waals surface area contributed by atoms with Crippen LogP contribution in [-0.2, 0) is 9.47 Å². The monoisotopic (exact) mass is 334 g/mol. The zero-order chi connectivity index (χ0) is 15.7. The van der Waals surface area contributed by atoms with E-state index in [1.165, 1.54) is 0 Å². The van der Waals surface area contributed by atoms with Crippen LogP contribution in [0.15, 0.2) is 18.2 Å². The number of methoxy groups -OCH3 is 2. The highest BCUT2D eigenvalue weighted by Gasteiger charge is 2.21. The zero-order valence-electron chi connectivity index (χ0n) is 12.6. The number of ether oxygens (including phenoxy) is 2. The van der Waals surface area contributed by atoms with Crippen LogP contribution in [-0.4, -0.2) is 52.0 Å². The second-order valence-corrected chi connectivity index (χ2v) is 5.64. The van der Waals surface area contributed by atoms with Gasteiger partial charge in [0, 0.05) is 56.5 Å². The molecule has 0 saturated carbocycles. The van der Waals surface area contributed by atoms with Gasteiger partial charge in [-0.25, -0.2) is 0 Å². The molecule has 0 bridgehead atoms. The first-order valence-corrected chi connectivity index (χ1v) is 7.76. The summed E-state index contributed by atoms with van der Waals surface area (Å²) < 4.78 is 10.3. The Labute approximate surface area is 137 Å². The molecule has 2 N–H and O–H groups in total. The predicted molar refractivity (Wildman–Crippen MR) is 88.2 cm³/mol. The summed E-state index contributed by atoms with van der Waals surface area (Å²) in [6.07, 6.45) is 0.925. The summed E-state index contributed by atoms with van der Waals surface area (Å²) in [7, 11) is 3.39. The average Bonchev–Trinajstić information content (AvgIpc) is 2.48. The van der Waals surface area contributed by atoms with Crippen molar-refractivity contribution in [1.82, 2.24) is 4.90 Å². The Hall–Kier alpha value is -0.360. The van der Waals surface area contributed by atoms with E-state index in [9.17, 15) is 0 Å².